The van der Waals surface area contributed by atoms with Gasteiger partial charge in [-0.1, -0.05) is 101 Å². The Morgan fingerprint density at radius 3 is 1.88 bits per heavy atom. The van der Waals surface area contributed by atoms with Gasteiger partial charge in [0, 0.05) is 12.0 Å². The zero-order valence-electron chi connectivity index (χ0n) is 17.6. The Bertz CT molecular complexity index is 551. The molecule has 0 aliphatic heterocycles. The zero-order chi connectivity index (χ0) is 19.1. The van der Waals surface area contributed by atoms with Gasteiger partial charge in [-0.2, -0.15) is 0 Å². The van der Waals surface area contributed by atoms with Gasteiger partial charge in [-0.05, 0) is 33.1 Å². The Kier molecular flexibility index (Phi) is 11.8. The summed E-state index contributed by atoms with van der Waals surface area (Å²) in [5.41, 5.74) is 1.94. The van der Waals surface area contributed by atoms with Crippen LogP contribution in [0.3, 0.4) is 0 Å². The summed E-state index contributed by atoms with van der Waals surface area (Å²) in [6, 6.07) is 10.3. The summed E-state index contributed by atoms with van der Waals surface area (Å²) in [6.07, 6.45) is 14.7. The van der Waals surface area contributed by atoms with Crippen molar-refractivity contribution in [2.45, 2.75) is 104 Å². The van der Waals surface area contributed by atoms with Gasteiger partial charge >= 0.3 is 0 Å². The average molecular weight is 354 g/mol. The average Bonchev–Trinajstić information content (AvgIpc) is 2.61. The number of unbranched alkanes of at least 4 members (excludes halogenated alkanes) is 10. The van der Waals surface area contributed by atoms with Gasteiger partial charge in [0.25, 0.3) is 0 Å². The van der Waals surface area contributed by atoms with E-state index in [1.165, 1.54) is 64.2 Å². The van der Waals surface area contributed by atoms with Crippen molar-refractivity contribution < 1.29 is 0 Å². The van der Waals surface area contributed by atoms with E-state index in [0.717, 1.165) is 17.7 Å². The molecule has 0 saturated carbocycles. The molecule has 1 aromatic carbocycles. The molecule has 0 N–H and O–H groups in total. The van der Waals surface area contributed by atoms with Crippen LogP contribution in [0.1, 0.15) is 104 Å². The van der Waals surface area contributed by atoms with Crippen molar-refractivity contribution in [1.29, 1.82) is 0 Å². The van der Waals surface area contributed by atoms with Crippen molar-refractivity contribution in [2.75, 3.05) is 0 Å². The third kappa shape index (κ3) is 11.9. The second-order valence-corrected chi connectivity index (χ2v) is 8.23. The summed E-state index contributed by atoms with van der Waals surface area (Å²) in [5.74, 6) is 6.67. The molecule has 0 aromatic heterocycles. The lowest BCUT2D eigenvalue weighted by atomic mass is 10.1. The molecular formula is C25H39N. The highest BCUT2D eigenvalue weighted by Gasteiger charge is 2.09. The molecule has 1 nitrogen and oxygen atoms in total. The molecule has 0 aliphatic rings. The highest BCUT2D eigenvalue weighted by Crippen LogP contribution is 2.12. The van der Waals surface area contributed by atoms with Gasteiger partial charge in [-0.3, -0.25) is 4.99 Å². The second kappa shape index (κ2) is 13.6. The Morgan fingerprint density at radius 2 is 1.35 bits per heavy atom. The van der Waals surface area contributed by atoms with E-state index in [9.17, 15) is 0 Å². The van der Waals surface area contributed by atoms with Gasteiger partial charge in [0.15, 0.2) is 0 Å². The molecule has 0 spiro atoms. The lowest BCUT2D eigenvalue weighted by molar-refractivity contribution is 0.558. The quantitative estimate of drug-likeness (QED) is 0.221. The molecule has 0 unspecified atom stereocenters. The fourth-order valence-corrected chi connectivity index (χ4v) is 2.94. The molecule has 0 radical (unpaired) electrons. The van der Waals surface area contributed by atoms with E-state index in [-0.39, 0.29) is 5.54 Å². The van der Waals surface area contributed by atoms with Crippen LogP contribution in [0.15, 0.2) is 35.3 Å². The number of rotatable bonds is 11. The molecule has 0 bridgehead atoms. The Morgan fingerprint density at radius 1 is 0.808 bits per heavy atom. The lowest BCUT2D eigenvalue weighted by Gasteiger charge is -2.13. The predicted octanol–water partition coefficient (Wildman–Crippen LogP) is 7.59. The van der Waals surface area contributed by atoms with Crippen LogP contribution in [-0.2, 0) is 0 Å². The molecule has 0 aliphatic carbocycles. The molecule has 0 saturated heterocycles. The van der Waals surface area contributed by atoms with Crippen LogP contribution in [0, 0.1) is 11.8 Å². The highest BCUT2D eigenvalue weighted by molar-refractivity contribution is 6.13. The summed E-state index contributed by atoms with van der Waals surface area (Å²) >= 11 is 0. The number of hydrogen-bond donors (Lipinski definition) is 0. The van der Waals surface area contributed by atoms with Gasteiger partial charge in [0.1, 0.15) is 5.71 Å². The van der Waals surface area contributed by atoms with E-state index in [1.807, 2.05) is 6.07 Å². The maximum absolute atomic E-state index is 4.81. The number of benzene rings is 1. The highest BCUT2D eigenvalue weighted by atomic mass is 14.8. The molecule has 144 valence electrons. The van der Waals surface area contributed by atoms with Crippen molar-refractivity contribution in [3.8, 4) is 11.8 Å². The topological polar surface area (TPSA) is 12.4 Å². The van der Waals surface area contributed by atoms with Gasteiger partial charge in [-0.25, -0.2) is 0 Å². The van der Waals surface area contributed by atoms with E-state index < -0.39 is 0 Å². The fourth-order valence-electron chi connectivity index (χ4n) is 2.94. The van der Waals surface area contributed by atoms with Crippen molar-refractivity contribution in [3.63, 3.8) is 0 Å². The maximum Gasteiger partial charge on any atom is 0.115 e. The molecule has 1 heteroatoms. The molecule has 1 aromatic rings. The Hall–Kier alpha value is -1.55. The van der Waals surface area contributed by atoms with Crippen LogP contribution in [0.25, 0.3) is 0 Å². The summed E-state index contributed by atoms with van der Waals surface area (Å²) < 4.78 is 0. The zero-order valence-corrected chi connectivity index (χ0v) is 17.6. The summed E-state index contributed by atoms with van der Waals surface area (Å²) in [5, 5.41) is 0. The van der Waals surface area contributed by atoms with Crippen LogP contribution >= 0.6 is 0 Å². The predicted molar refractivity (Wildman–Crippen MR) is 117 cm³/mol. The third-order valence-corrected chi connectivity index (χ3v) is 4.36. The van der Waals surface area contributed by atoms with Crippen LogP contribution < -0.4 is 0 Å². The fraction of sp³-hybridized carbons (Fsp3) is 0.640. The lowest BCUT2D eigenvalue weighted by Crippen LogP contribution is -2.14. The Balaban J connectivity index is 2.28. The molecule has 1 rings (SSSR count). The van der Waals surface area contributed by atoms with Gasteiger partial charge in [0.2, 0.25) is 0 Å². The van der Waals surface area contributed by atoms with Crippen molar-refractivity contribution in [1.82, 2.24) is 0 Å². The third-order valence-electron chi connectivity index (χ3n) is 4.36. The minimum Gasteiger partial charge on any atom is -0.270 e. The monoisotopic (exact) mass is 353 g/mol. The van der Waals surface area contributed by atoms with Crippen LogP contribution in [0.4, 0.5) is 0 Å². The summed E-state index contributed by atoms with van der Waals surface area (Å²) in [6.45, 7) is 8.65. The second-order valence-electron chi connectivity index (χ2n) is 8.23. The van der Waals surface area contributed by atoms with Crippen LogP contribution in [0.5, 0.6) is 0 Å². The Labute approximate surface area is 162 Å². The van der Waals surface area contributed by atoms with E-state index in [1.54, 1.807) is 0 Å². The number of aliphatic imine (C=N–C) groups is 1. The summed E-state index contributed by atoms with van der Waals surface area (Å²) in [4.78, 5) is 4.81. The molecule has 26 heavy (non-hydrogen) atoms. The molecular weight excluding hydrogens is 314 g/mol. The van der Waals surface area contributed by atoms with Crippen LogP contribution in [0.2, 0.25) is 0 Å². The van der Waals surface area contributed by atoms with Crippen LogP contribution in [-0.4, -0.2) is 11.3 Å². The first-order valence-corrected chi connectivity index (χ1v) is 10.7. The van der Waals surface area contributed by atoms with Crippen molar-refractivity contribution in [3.05, 3.63) is 35.9 Å². The standard InChI is InChI=1S/C25H39N/c1-5-6-7-8-9-10-11-12-13-14-15-19-22-24(26-25(2,3)4)23-20-17-16-18-21-23/h16-18,20-21H,5-15H2,1-4H3. The molecule has 0 amide bonds. The number of nitrogens with zero attached hydrogens (tertiary/aromatic N) is 1. The molecule has 0 fully saturated rings. The van der Waals surface area contributed by atoms with E-state index in [4.69, 9.17) is 4.99 Å². The van der Waals surface area contributed by atoms with Crippen molar-refractivity contribution >= 4 is 5.71 Å². The largest absolute Gasteiger partial charge is 0.270 e. The first kappa shape index (κ1) is 22.5. The van der Waals surface area contributed by atoms with Gasteiger partial charge in [-0.15, -0.1) is 0 Å². The van der Waals surface area contributed by atoms with Crippen molar-refractivity contribution in [2.24, 2.45) is 4.99 Å². The van der Waals surface area contributed by atoms with Gasteiger partial charge < -0.3 is 0 Å². The number of hydrogen-bond acceptors (Lipinski definition) is 1. The SMILES string of the molecule is CCCCCCCCCCCCC#CC(=NC(C)(C)C)c1ccccc1. The van der Waals surface area contributed by atoms with E-state index >= 15 is 0 Å². The summed E-state index contributed by atoms with van der Waals surface area (Å²) in [7, 11) is 0. The molecule has 0 atom stereocenters. The maximum atomic E-state index is 4.81. The van der Waals surface area contributed by atoms with E-state index in [2.05, 4.69) is 63.8 Å². The minimum atomic E-state index is -0.100. The van der Waals surface area contributed by atoms with E-state index in [0.29, 0.717) is 0 Å². The smallest absolute Gasteiger partial charge is 0.115 e. The first-order valence-electron chi connectivity index (χ1n) is 10.7. The minimum absolute atomic E-state index is 0.100. The normalized spacial score (nSPS) is 11.9. The molecule has 0 heterocycles. The first-order chi connectivity index (χ1) is 12.5. The van der Waals surface area contributed by atoms with Gasteiger partial charge in [0.05, 0.1) is 5.54 Å².